The molecule has 0 spiro atoms. The van der Waals surface area contributed by atoms with Crippen molar-refractivity contribution in [3.8, 4) is 5.75 Å². The van der Waals surface area contributed by atoms with E-state index in [2.05, 4.69) is 15.9 Å². The minimum Gasteiger partial charge on any atom is -0.491 e. The summed E-state index contributed by atoms with van der Waals surface area (Å²) in [5.41, 5.74) is -0.591. The summed E-state index contributed by atoms with van der Waals surface area (Å²) in [6.45, 7) is 4.36. The number of carbonyl (C=O) groups is 1. The number of pyridine rings is 1. The summed E-state index contributed by atoms with van der Waals surface area (Å²) < 4.78 is 13.2. The number of fused-ring (bicyclic) bond motifs is 3. The zero-order chi connectivity index (χ0) is 14.7. The number of rotatable bonds is 1. The highest BCUT2D eigenvalue weighted by Crippen LogP contribution is 2.46. The second kappa shape index (κ2) is 4.43. The van der Waals surface area contributed by atoms with E-state index in [9.17, 15) is 9.59 Å². The molecule has 0 bridgehead atoms. The van der Waals surface area contributed by atoms with Crippen LogP contribution in [0.15, 0.2) is 15.5 Å². The molecular formula is C14H16BrNO4. The number of hydrogen-bond donors (Lipinski definition) is 0. The lowest BCUT2D eigenvalue weighted by Gasteiger charge is -2.40. The molecular weight excluding hydrogens is 326 g/mol. The van der Waals surface area contributed by atoms with Crippen LogP contribution in [0.1, 0.15) is 36.8 Å². The van der Waals surface area contributed by atoms with E-state index in [1.165, 1.54) is 7.11 Å². The average molecular weight is 342 g/mol. The molecule has 2 aliphatic rings. The van der Waals surface area contributed by atoms with Crippen LogP contribution in [-0.4, -0.2) is 30.2 Å². The Balaban J connectivity index is 2.34. The van der Waals surface area contributed by atoms with Gasteiger partial charge in [-0.15, -0.1) is 0 Å². The number of carbonyl (C=O) groups excluding carboxylic acids is 1. The minimum absolute atomic E-state index is 0.0588. The van der Waals surface area contributed by atoms with Gasteiger partial charge in [-0.25, -0.2) is 0 Å². The van der Waals surface area contributed by atoms with Crippen LogP contribution in [0.3, 0.4) is 0 Å². The number of Topliss-reactive ketones (excluding diaryl/α,β-unsaturated/α-hetero) is 1. The van der Waals surface area contributed by atoms with Gasteiger partial charge in [0.25, 0.3) is 0 Å². The quantitative estimate of drug-likeness (QED) is 0.785. The molecule has 1 aromatic heterocycles. The second-order valence-corrected chi connectivity index (χ2v) is 6.65. The number of hydrogen-bond acceptors (Lipinski definition) is 4. The predicted octanol–water partition coefficient (Wildman–Crippen LogP) is 2.17. The fourth-order valence-corrected chi connectivity index (χ4v) is 3.64. The zero-order valence-electron chi connectivity index (χ0n) is 11.6. The number of nitrogens with zero attached hydrogens (tertiary/aromatic N) is 1. The Morgan fingerprint density at radius 1 is 1.45 bits per heavy atom. The first kappa shape index (κ1) is 13.8. The maximum Gasteiger partial charge on any atom is 0.238 e. The smallest absolute Gasteiger partial charge is 0.238 e. The van der Waals surface area contributed by atoms with Crippen LogP contribution in [0.5, 0.6) is 5.75 Å². The van der Waals surface area contributed by atoms with E-state index in [1.54, 1.807) is 6.20 Å². The van der Waals surface area contributed by atoms with Gasteiger partial charge in [-0.3, -0.25) is 9.59 Å². The summed E-state index contributed by atoms with van der Waals surface area (Å²) in [4.78, 5) is 24.9. The number of ether oxygens (including phenoxy) is 2. The van der Waals surface area contributed by atoms with E-state index in [0.717, 1.165) is 6.42 Å². The number of aromatic nitrogens is 1. The molecule has 0 aromatic carbocycles. The van der Waals surface area contributed by atoms with Crippen LogP contribution in [0.2, 0.25) is 0 Å². The molecule has 2 atom stereocenters. The Hall–Kier alpha value is -1.14. The Labute approximate surface area is 125 Å². The van der Waals surface area contributed by atoms with Gasteiger partial charge >= 0.3 is 0 Å². The summed E-state index contributed by atoms with van der Waals surface area (Å²) >= 11 is 3.25. The van der Waals surface area contributed by atoms with Crippen molar-refractivity contribution < 1.29 is 14.3 Å². The standard InChI is InChI=1S/C14H16BrNO4/c1-14(2)12(18)9-11(19-3)10(17)7(15)6-16(9)8-4-5-20-13(8)14/h6,8,13H,4-5H2,1-3H3/t8-,13+/m1/s1. The molecule has 6 heteroatoms. The first-order chi connectivity index (χ1) is 9.39. The van der Waals surface area contributed by atoms with Gasteiger partial charge in [-0.1, -0.05) is 0 Å². The molecule has 1 saturated heterocycles. The number of halogens is 1. The normalized spacial score (nSPS) is 27.1. The molecule has 3 heterocycles. The van der Waals surface area contributed by atoms with E-state index in [0.29, 0.717) is 16.8 Å². The summed E-state index contributed by atoms with van der Waals surface area (Å²) in [7, 11) is 1.42. The lowest BCUT2D eigenvalue weighted by atomic mass is 9.74. The van der Waals surface area contributed by atoms with Gasteiger partial charge in [-0.05, 0) is 36.2 Å². The van der Waals surface area contributed by atoms with Gasteiger partial charge in [-0.2, -0.15) is 0 Å². The van der Waals surface area contributed by atoms with Gasteiger partial charge in [0.1, 0.15) is 5.69 Å². The SMILES string of the molecule is COc1c2n(cc(Br)c1=O)[C@@H]1CCO[C@@H]1C(C)(C)C2=O. The Bertz CT molecular complexity index is 649. The Morgan fingerprint density at radius 2 is 2.15 bits per heavy atom. The first-order valence-electron chi connectivity index (χ1n) is 6.54. The van der Waals surface area contributed by atoms with Crippen molar-refractivity contribution >= 4 is 21.7 Å². The molecule has 20 heavy (non-hydrogen) atoms. The summed E-state index contributed by atoms with van der Waals surface area (Å²) in [6, 6.07) is 0.0588. The van der Waals surface area contributed by atoms with Gasteiger partial charge < -0.3 is 14.0 Å². The van der Waals surface area contributed by atoms with Crippen molar-refractivity contribution in [1.29, 1.82) is 0 Å². The molecule has 0 amide bonds. The molecule has 0 N–H and O–H groups in total. The molecule has 0 radical (unpaired) electrons. The van der Waals surface area contributed by atoms with Crippen LogP contribution < -0.4 is 10.2 Å². The second-order valence-electron chi connectivity index (χ2n) is 5.79. The first-order valence-corrected chi connectivity index (χ1v) is 7.34. The van der Waals surface area contributed by atoms with E-state index in [-0.39, 0.29) is 29.1 Å². The van der Waals surface area contributed by atoms with Crippen molar-refractivity contribution in [3.63, 3.8) is 0 Å². The van der Waals surface area contributed by atoms with Crippen LogP contribution >= 0.6 is 15.9 Å². The van der Waals surface area contributed by atoms with Crippen LogP contribution in [0, 0.1) is 5.41 Å². The van der Waals surface area contributed by atoms with Crippen molar-refractivity contribution in [2.75, 3.05) is 13.7 Å². The van der Waals surface area contributed by atoms with Crippen molar-refractivity contribution in [2.24, 2.45) is 5.41 Å². The summed E-state index contributed by atoms with van der Waals surface area (Å²) in [5.74, 6) is 0.00454. The maximum atomic E-state index is 12.8. The molecule has 0 aliphatic carbocycles. The Kier molecular flexibility index (Phi) is 3.06. The van der Waals surface area contributed by atoms with Crippen molar-refractivity contribution in [1.82, 2.24) is 4.57 Å². The highest BCUT2D eigenvalue weighted by molar-refractivity contribution is 9.10. The zero-order valence-corrected chi connectivity index (χ0v) is 13.2. The maximum absolute atomic E-state index is 12.8. The van der Waals surface area contributed by atoms with Gasteiger partial charge in [0.15, 0.2) is 11.5 Å². The van der Waals surface area contributed by atoms with Gasteiger partial charge in [0.05, 0.1) is 29.1 Å². The molecule has 0 saturated carbocycles. The largest absolute Gasteiger partial charge is 0.491 e. The van der Waals surface area contributed by atoms with Crippen LogP contribution in [0.25, 0.3) is 0 Å². The third-order valence-corrected chi connectivity index (χ3v) is 4.85. The molecule has 1 aromatic rings. The highest BCUT2D eigenvalue weighted by Gasteiger charge is 2.52. The Morgan fingerprint density at radius 3 is 2.80 bits per heavy atom. The number of ketones is 1. The van der Waals surface area contributed by atoms with Gasteiger partial charge in [0.2, 0.25) is 5.43 Å². The van der Waals surface area contributed by atoms with Crippen LogP contribution in [0.4, 0.5) is 0 Å². The highest BCUT2D eigenvalue weighted by atomic mass is 79.9. The molecule has 1 fully saturated rings. The third kappa shape index (κ3) is 1.64. The fraction of sp³-hybridized carbons (Fsp3) is 0.571. The lowest BCUT2D eigenvalue weighted by molar-refractivity contribution is -0.00289. The van der Waals surface area contributed by atoms with Crippen molar-refractivity contribution in [3.05, 3.63) is 26.6 Å². The predicted molar refractivity (Wildman–Crippen MR) is 76.5 cm³/mol. The monoisotopic (exact) mass is 341 g/mol. The van der Waals surface area contributed by atoms with Crippen LogP contribution in [-0.2, 0) is 4.74 Å². The summed E-state index contributed by atoms with van der Waals surface area (Å²) in [5, 5.41) is 0. The molecule has 3 rings (SSSR count). The minimum atomic E-state index is -0.658. The van der Waals surface area contributed by atoms with E-state index in [4.69, 9.17) is 9.47 Å². The van der Waals surface area contributed by atoms with E-state index >= 15 is 0 Å². The number of methoxy groups -OCH3 is 1. The fourth-order valence-electron chi connectivity index (χ4n) is 3.24. The lowest BCUT2D eigenvalue weighted by Crippen LogP contribution is -2.48. The topological polar surface area (TPSA) is 57.5 Å². The molecule has 2 aliphatic heterocycles. The van der Waals surface area contributed by atoms with E-state index < -0.39 is 5.41 Å². The van der Waals surface area contributed by atoms with E-state index in [1.807, 2.05) is 18.4 Å². The van der Waals surface area contributed by atoms with Gasteiger partial charge in [0, 0.05) is 12.8 Å². The van der Waals surface area contributed by atoms with Crippen molar-refractivity contribution in [2.45, 2.75) is 32.4 Å². The average Bonchev–Trinajstić information content (AvgIpc) is 2.89. The summed E-state index contributed by atoms with van der Waals surface area (Å²) in [6.07, 6.45) is 2.34. The third-order valence-electron chi connectivity index (χ3n) is 4.28. The molecule has 0 unspecified atom stereocenters. The molecule has 108 valence electrons. The molecule has 5 nitrogen and oxygen atoms in total.